The summed E-state index contributed by atoms with van der Waals surface area (Å²) >= 11 is 1.72. The fraction of sp³-hybridized carbons (Fsp3) is 0.448. The van der Waals surface area contributed by atoms with Crippen LogP contribution >= 0.6 is 11.8 Å². The Hall–Kier alpha value is -2.59. The topological polar surface area (TPSA) is 52.4 Å². The Morgan fingerprint density at radius 3 is 2.74 bits per heavy atom. The molecular weight excluding hydrogens is 452 g/mol. The lowest BCUT2D eigenvalue weighted by Gasteiger charge is -2.35. The summed E-state index contributed by atoms with van der Waals surface area (Å²) in [6.45, 7) is 8.81. The lowest BCUT2D eigenvalue weighted by Crippen LogP contribution is -2.36. The van der Waals surface area contributed by atoms with Crippen molar-refractivity contribution in [2.24, 2.45) is 0 Å². The Bertz CT molecular complexity index is 1260. The number of aryl methyl sites for hydroxylation is 1. The summed E-state index contributed by atoms with van der Waals surface area (Å²) < 4.78 is 6.20. The molecule has 0 amide bonds. The van der Waals surface area contributed by atoms with Crippen LogP contribution in [-0.4, -0.2) is 54.5 Å². The number of aromatic nitrogens is 1. The van der Waals surface area contributed by atoms with Crippen LogP contribution in [0.15, 0.2) is 47.5 Å². The van der Waals surface area contributed by atoms with E-state index < -0.39 is 0 Å². The first kappa shape index (κ1) is 24.1. The second-order valence-corrected chi connectivity index (χ2v) is 11.4. The molecule has 0 radical (unpaired) electrons. The normalized spacial score (nSPS) is 18.2. The minimum Gasteiger partial charge on any atom is -0.370 e. The fourth-order valence-electron chi connectivity index (χ4n) is 5.23. The Kier molecular flexibility index (Phi) is 7.02. The number of likely N-dealkylation sites (N-methyl/N-ethyl adjacent to an activating group) is 1. The number of hydrogen-bond donors (Lipinski definition) is 0. The molecule has 0 bridgehead atoms. The maximum atomic E-state index is 10.2. The Balaban J connectivity index is 1.47. The number of rotatable bonds is 5. The van der Waals surface area contributed by atoms with Gasteiger partial charge in [-0.15, -0.1) is 11.8 Å². The SMILES string of the molecule is CN1CCCN(c2nc(SCCc3cccc4ccccc34)c(C#N)c3c2COC(C)(C)C3)CC1. The van der Waals surface area contributed by atoms with Crippen molar-refractivity contribution in [2.45, 2.75) is 50.3 Å². The van der Waals surface area contributed by atoms with Crippen LogP contribution in [0.3, 0.4) is 0 Å². The van der Waals surface area contributed by atoms with Crippen LogP contribution in [0.5, 0.6) is 0 Å². The van der Waals surface area contributed by atoms with Gasteiger partial charge in [0.25, 0.3) is 0 Å². The van der Waals surface area contributed by atoms with Gasteiger partial charge in [-0.25, -0.2) is 4.98 Å². The van der Waals surface area contributed by atoms with Gasteiger partial charge in [0, 0.05) is 37.4 Å². The number of nitrogens with zero attached hydrogens (tertiary/aromatic N) is 4. The third-order valence-electron chi connectivity index (χ3n) is 7.19. The van der Waals surface area contributed by atoms with Crippen molar-refractivity contribution in [1.29, 1.82) is 5.26 Å². The van der Waals surface area contributed by atoms with Gasteiger partial charge in [-0.3, -0.25) is 0 Å². The maximum absolute atomic E-state index is 10.2. The minimum absolute atomic E-state index is 0.277. The van der Waals surface area contributed by atoms with Crippen molar-refractivity contribution in [2.75, 3.05) is 43.9 Å². The molecule has 0 atom stereocenters. The first-order valence-corrected chi connectivity index (χ1v) is 13.6. The van der Waals surface area contributed by atoms with E-state index in [1.165, 1.54) is 16.3 Å². The number of hydrogen-bond acceptors (Lipinski definition) is 6. The van der Waals surface area contributed by atoms with E-state index in [2.05, 4.69) is 79.2 Å². The molecule has 0 saturated carbocycles. The monoisotopic (exact) mass is 486 g/mol. The van der Waals surface area contributed by atoms with Crippen LogP contribution in [0.25, 0.3) is 10.8 Å². The zero-order chi connectivity index (χ0) is 24.4. The van der Waals surface area contributed by atoms with Gasteiger partial charge in [0.05, 0.1) is 17.8 Å². The summed E-state index contributed by atoms with van der Waals surface area (Å²) in [4.78, 5) is 9.96. The molecule has 0 unspecified atom stereocenters. The number of benzene rings is 2. The first-order chi connectivity index (χ1) is 16.9. The number of ether oxygens (including phenoxy) is 1. The molecule has 3 heterocycles. The van der Waals surface area contributed by atoms with Gasteiger partial charge in [0.1, 0.15) is 16.9 Å². The lowest BCUT2D eigenvalue weighted by atomic mass is 9.89. The quantitative estimate of drug-likeness (QED) is 0.448. The highest BCUT2D eigenvalue weighted by Gasteiger charge is 2.33. The fourth-order valence-corrected chi connectivity index (χ4v) is 6.21. The van der Waals surface area contributed by atoms with E-state index in [-0.39, 0.29) is 5.60 Å². The van der Waals surface area contributed by atoms with Crippen molar-refractivity contribution in [3.8, 4) is 6.07 Å². The van der Waals surface area contributed by atoms with E-state index in [9.17, 15) is 5.26 Å². The van der Waals surface area contributed by atoms with E-state index in [4.69, 9.17) is 9.72 Å². The molecule has 0 N–H and O–H groups in total. The summed E-state index contributed by atoms with van der Waals surface area (Å²) in [6, 6.07) is 17.6. The molecule has 35 heavy (non-hydrogen) atoms. The second kappa shape index (κ2) is 10.2. The van der Waals surface area contributed by atoms with Gasteiger partial charge in [-0.2, -0.15) is 5.26 Å². The molecule has 1 fully saturated rings. The molecule has 5 nitrogen and oxygen atoms in total. The van der Waals surface area contributed by atoms with Crippen molar-refractivity contribution in [1.82, 2.24) is 9.88 Å². The van der Waals surface area contributed by atoms with Gasteiger partial charge in [0.15, 0.2) is 0 Å². The summed E-state index contributed by atoms with van der Waals surface area (Å²) in [6.07, 6.45) is 2.79. The Labute approximate surface area is 213 Å². The van der Waals surface area contributed by atoms with Crippen molar-refractivity contribution >= 4 is 28.4 Å². The molecule has 182 valence electrons. The predicted octanol–water partition coefficient (Wildman–Crippen LogP) is 5.43. The highest BCUT2D eigenvalue weighted by Crippen LogP contribution is 2.39. The zero-order valence-corrected chi connectivity index (χ0v) is 21.8. The average Bonchev–Trinajstić information content (AvgIpc) is 3.07. The van der Waals surface area contributed by atoms with Crippen LogP contribution in [0.2, 0.25) is 0 Å². The number of nitriles is 1. The van der Waals surface area contributed by atoms with Gasteiger partial charge >= 0.3 is 0 Å². The summed E-state index contributed by atoms with van der Waals surface area (Å²) in [7, 11) is 2.19. The van der Waals surface area contributed by atoms with E-state index in [0.29, 0.717) is 6.61 Å². The molecule has 6 heteroatoms. The summed E-state index contributed by atoms with van der Waals surface area (Å²) in [5.41, 5.74) is 4.07. The molecular formula is C29H34N4OS. The number of thioether (sulfide) groups is 1. The van der Waals surface area contributed by atoms with Gasteiger partial charge in [0.2, 0.25) is 0 Å². The van der Waals surface area contributed by atoms with Gasteiger partial charge < -0.3 is 14.5 Å². The van der Waals surface area contributed by atoms with Crippen molar-refractivity contribution in [3.63, 3.8) is 0 Å². The highest BCUT2D eigenvalue weighted by molar-refractivity contribution is 7.99. The van der Waals surface area contributed by atoms with Crippen LogP contribution in [-0.2, 0) is 24.2 Å². The van der Waals surface area contributed by atoms with E-state index in [0.717, 1.165) is 78.7 Å². The third kappa shape index (κ3) is 5.18. The van der Waals surface area contributed by atoms with Crippen LogP contribution in [0.1, 0.15) is 42.5 Å². The smallest absolute Gasteiger partial charge is 0.135 e. The van der Waals surface area contributed by atoms with Crippen LogP contribution in [0, 0.1) is 11.3 Å². The number of pyridine rings is 1. The Morgan fingerprint density at radius 1 is 1.06 bits per heavy atom. The molecule has 0 aliphatic carbocycles. The molecule has 1 aromatic heterocycles. The predicted molar refractivity (Wildman–Crippen MR) is 144 cm³/mol. The average molecular weight is 487 g/mol. The first-order valence-electron chi connectivity index (χ1n) is 12.6. The van der Waals surface area contributed by atoms with Crippen molar-refractivity contribution < 1.29 is 4.74 Å². The molecule has 2 aliphatic rings. The minimum atomic E-state index is -0.277. The second-order valence-electron chi connectivity index (χ2n) is 10.3. The molecule has 2 aromatic carbocycles. The standard InChI is InChI=1S/C29H34N4OS/c1-29(2)18-24-25(19-30)28(35-17-12-22-10-6-9-21-8-4-5-11-23(21)22)31-27(26(24)20-34-29)33-14-7-13-32(3)15-16-33/h4-6,8-11H,7,12-18,20H2,1-3H3. The van der Waals surface area contributed by atoms with Gasteiger partial charge in [-0.05, 0) is 62.2 Å². The largest absolute Gasteiger partial charge is 0.370 e. The maximum Gasteiger partial charge on any atom is 0.135 e. The number of fused-ring (bicyclic) bond motifs is 2. The molecule has 2 aliphatic heterocycles. The lowest BCUT2D eigenvalue weighted by molar-refractivity contribution is -0.0402. The third-order valence-corrected chi connectivity index (χ3v) is 8.17. The van der Waals surface area contributed by atoms with Crippen LogP contribution in [0.4, 0.5) is 5.82 Å². The zero-order valence-electron chi connectivity index (χ0n) is 21.0. The van der Waals surface area contributed by atoms with E-state index in [1.807, 2.05) is 0 Å². The number of anilines is 1. The summed E-state index contributed by atoms with van der Waals surface area (Å²) in [5, 5.41) is 13.7. The molecule has 1 saturated heterocycles. The van der Waals surface area contributed by atoms with E-state index >= 15 is 0 Å². The molecule has 0 spiro atoms. The van der Waals surface area contributed by atoms with Crippen LogP contribution < -0.4 is 4.90 Å². The summed E-state index contributed by atoms with van der Waals surface area (Å²) in [5.74, 6) is 1.91. The van der Waals surface area contributed by atoms with E-state index in [1.54, 1.807) is 11.8 Å². The van der Waals surface area contributed by atoms with Crippen molar-refractivity contribution in [3.05, 3.63) is 64.7 Å². The molecule has 5 rings (SSSR count). The highest BCUT2D eigenvalue weighted by atomic mass is 32.2. The molecule has 3 aromatic rings. The van der Waals surface area contributed by atoms with Gasteiger partial charge in [-0.1, -0.05) is 42.5 Å². The Morgan fingerprint density at radius 2 is 1.89 bits per heavy atom.